The van der Waals surface area contributed by atoms with E-state index >= 15 is 0 Å². The zero-order valence-electron chi connectivity index (χ0n) is 20.8. The Morgan fingerprint density at radius 3 is 1.59 bits per heavy atom. The van der Waals surface area contributed by atoms with Crippen LogP contribution in [0.3, 0.4) is 0 Å². The van der Waals surface area contributed by atoms with Crippen molar-refractivity contribution in [3.05, 3.63) is 102 Å². The second-order valence-electron chi connectivity index (χ2n) is 8.74. The average Bonchev–Trinajstić information content (AvgIpc) is 3.47. The fraction of sp³-hybridized carbons (Fsp3) is 0.172. The molecule has 1 heterocycles. The quantitative estimate of drug-likeness (QED) is 0.242. The first-order valence-electron chi connectivity index (χ1n) is 12.1. The van der Waals surface area contributed by atoms with Gasteiger partial charge in [0.05, 0.1) is 40.7 Å². The van der Waals surface area contributed by atoms with Gasteiger partial charge in [-0.3, -0.25) is 0 Å². The lowest BCUT2D eigenvalue weighted by Gasteiger charge is -2.15. The fourth-order valence-electron chi connectivity index (χ4n) is 3.70. The Hall–Kier alpha value is -4.56. The second-order valence-corrected chi connectivity index (χ2v) is 8.74. The van der Waals surface area contributed by atoms with Crippen molar-refractivity contribution in [1.82, 2.24) is 0 Å². The van der Waals surface area contributed by atoms with Crippen molar-refractivity contribution in [2.24, 2.45) is 30.7 Å². The Kier molecular flexibility index (Phi) is 7.47. The first-order chi connectivity index (χ1) is 18.1. The SMILES string of the molecule is Cc1ccc(N=Nc2ccc(N=Nc3ccc(N=Nc4ccc(N5CCOC5)cc4)cc3C)cc2)cc1. The van der Waals surface area contributed by atoms with Crippen molar-refractivity contribution < 1.29 is 4.74 Å². The van der Waals surface area contributed by atoms with Crippen molar-refractivity contribution >= 4 is 39.8 Å². The Bertz CT molecular complexity index is 1420. The number of hydrogen-bond acceptors (Lipinski definition) is 8. The van der Waals surface area contributed by atoms with Gasteiger partial charge in [-0.25, -0.2) is 0 Å². The first-order valence-corrected chi connectivity index (χ1v) is 12.1. The van der Waals surface area contributed by atoms with Crippen molar-refractivity contribution in [1.29, 1.82) is 0 Å². The summed E-state index contributed by atoms with van der Waals surface area (Å²) in [5.41, 5.74) is 7.93. The lowest BCUT2D eigenvalue weighted by molar-refractivity contribution is 0.201. The van der Waals surface area contributed by atoms with Crippen molar-refractivity contribution in [3.63, 3.8) is 0 Å². The molecule has 8 nitrogen and oxygen atoms in total. The molecule has 0 saturated carbocycles. The molecule has 1 aliphatic heterocycles. The van der Waals surface area contributed by atoms with Crippen LogP contribution in [0.4, 0.5) is 39.8 Å². The molecule has 0 unspecified atom stereocenters. The highest BCUT2D eigenvalue weighted by Gasteiger charge is 2.12. The molecule has 184 valence electrons. The minimum absolute atomic E-state index is 0.635. The smallest absolute Gasteiger partial charge is 0.119 e. The van der Waals surface area contributed by atoms with Crippen LogP contribution in [0.25, 0.3) is 0 Å². The number of nitrogens with zero attached hydrogens (tertiary/aromatic N) is 7. The molecule has 1 fully saturated rings. The lowest BCUT2D eigenvalue weighted by atomic mass is 10.2. The molecule has 37 heavy (non-hydrogen) atoms. The highest BCUT2D eigenvalue weighted by atomic mass is 16.5. The van der Waals surface area contributed by atoms with E-state index in [0.717, 1.165) is 58.5 Å². The Morgan fingerprint density at radius 2 is 1.05 bits per heavy atom. The van der Waals surface area contributed by atoms with Gasteiger partial charge >= 0.3 is 0 Å². The summed E-state index contributed by atoms with van der Waals surface area (Å²) >= 11 is 0. The van der Waals surface area contributed by atoms with Gasteiger partial charge in [0.1, 0.15) is 6.73 Å². The number of ether oxygens (including phenoxy) is 1. The summed E-state index contributed by atoms with van der Waals surface area (Å²) in [4.78, 5) is 2.18. The van der Waals surface area contributed by atoms with Gasteiger partial charge in [0, 0.05) is 12.2 Å². The molecule has 0 atom stereocenters. The van der Waals surface area contributed by atoms with Gasteiger partial charge in [-0.1, -0.05) is 17.7 Å². The summed E-state index contributed by atoms with van der Waals surface area (Å²) in [7, 11) is 0. The molecule has 0 spiro atoms. The fourth-order valence-corrected chi connectivity index (χ4v) is 3.70. The van der Waals surface area contributed by atoms with Gasteiger partial charge in [0.15, 0.2) is 0 Å². The number of hydrogen-bond donors (Lipinski definition) is 0. The summed E-state index contributed by atoms with van der Waals surface area (Å²) in [6.07, 6.45) is 0. The third-order valence-corrected chi connectivity index (χ3v) is 5.87. The Labute approximate surface area is 216 Å². The molecule has 0 aromatic heterocycles. The summed E-state index contributed by atoms with van der Waals surface area (Å²) in [6, 6.07) is 29.1. The number of aryl methyl sites for hydroxylation is 2. The number of benzene rings is 4. The van der Waals surface area contributed by atoms with Gasteiger partial charge in [-0.05, 0) is 98.3 Å². The largest absolute Gasteiger partial charge is 0.359 e. The molecule has 0 aliphatic carbocycles. The molecule has 5 rings (SSSR count). The molecule has 1 saturated heterocycles. The Morgan fingerprint density at radius 1 is 0.568 bits per heavy atom. The van der Waals surface area contributed by atoms with Crippen molar-refractivity contribution in [3.8, 4) is 0 Å². The predicted molar refractivity (Wildman–Crippen MR) is 146 cm³/mol. The van der Waals surface area contributed by atoms with Gasteiger partial charge in [-0.2, -0.15) is 30.7 Å². The minimum atomic E-state index is 0.635. The van der Waals surface area contributed by atoms with E-state index < -0.39 is 0 Å². The number of azo groups is 3. The number of anilines is 1. The van der Waals surface area contributed by atoms with E-state index in [2.05, 4.69) is 35.6 Å². The van der Waals surface area contributed by atoms with Crippen LogP contribution in [0.5, 0.6) is 0 Å². The van der Waals surface area contributed by atoms with E-state index in [1.807, 2.05) is 105 Å². The van der Waals surface area contributed by atoms with E-state index in [4.69, 9.17) is 4.74 Å². The van der Waals surface area contributed by atoms with E-state index in [0.29, 0.717) is 6.73 Å². The second kappa shape index (κ2) is 11.5. The third kappa shape index (κ3) is 6.56. The standard InChI is InChI=1S/C29H27N7O/c1-21-3-5-23(6-4-21)30-31-24-7-9-25(10-8-24)33-35-29-16-13-27(19-22(29)2)34-32-26-11-14-28(15-12-26)36-17-18-37-20-36/h3-16,19H,17-18,20H2,1-2H3. The summed E-state index contributed by atoms with van der Waals surface area (Å²) in [6.45, 7) is 6.34. The molecule has 8 heteroatoms. The molecule has 1 aliphatic rings. The summed E-state index contributed by atoms with van der Waals surface area (Å²) < 4.78 is 5.40. The van der Waals surface area contributed by atoms with E-state index in [-0.39, 0.29) is 0 Å². The minimum Gasteiger partial charge on any atom is -0.359 e. The molecule has 4 aromatic carbocycles. The maximum absolute atomic E-state index is 5.40. The van der Waals surface area contributed by atoms with Gasteiger partial charge < -0.3 is 9.64 Å². The molecule has 0 amide bonds. The maximum atomic E-state index is 5.40. The van der Waals surface area contributed by atoms with Crippen LogP contribution in [-0.4, -0.2) is 19.9 Å². The zero-order valence-corrected chi connectivity index (χ0v) is 20.8. The normalized spacial score (nSPS) is 13.9. The summed E-state index contributed by atoms with van der Waals surface area (Å²) in [5, 5.41) is 26.0. The lowest BCUT2D eigenvalue weighted by Crippen LogP contribution is -2.17. The molecular formula is C29H27N7O. The molecular weight excluding hydrogens is 462 g/mol. The average molecular weight is 490 g/mol. The number of rotatable bonds is 7. The van der Waals surface area contributed by atoms with Gasteiger partial charge in [0.25, 0.3) is 0 Å². The first kappa shape index (κ1) is 24.1. The van der Waals surface area contributed by atoms with Crippen LogP contribution >= 0.6 is 0 Å². The monoisotopic (exact) mass is 489 g/mol. The molecule has 4 aromatic rings. The van der Waals surface area contributed by atoms with Crippen LogP contribution in [0.1, 0.15) is 11.1 Å². The van der Waals surface area contributed by atoms with E-state index in [9.17, 15) is 0 Å². The molecule has 0 bridgehead atoms. The maximum Gasteiger partial charge on any atom is 0.119 e. The summed E-state index contributed by atoms with van der Waals surface area (Å²) in [5.74, 6) is 0. The van der Waals surface area contributed by atoms with Crippen LogP contribution in [-0.2, 0) is 4.74 Å². The van der Waals surface area contributed by atoms with Gasteiger partial charge in [-0.15, -0.1) is 0 Å². The zero-order chi connectivity index (χ0) is 25.5. The van der Waals surface area contributed by atoms with Gasteiger partial charge in [0.2, 0.25) is 0 Å². The van der Waals surface area contributed by atoms with E-state index in [1.165, 1.54) is 5.56 Å². The highest BCUT2D eigenvalue weighted by Crippen LogP contribution is 2.29. The van der Waals surface area contributed by atoms with E-state index in [1.54, 1.807) is 0 Å². The highest BCUT2D eigenvalue weighted by molar-refractivity contribution is 5.56. The van der Waals surface area contributed by atoms with Crippen molar-refractivity contribution in [2.45, 2.75) is 13.8 Å². The van der Waals surface area contributed by atoms with Crippen LogP contribution in [0, 0.1) is 13.8 Å². The van der Waals surface area contributed by atoms with Crippen LogP contribution < -0.4 is 4.90 Å². The van der Waals surface area contributed by atoms with Crippen LogP contribution in [0.15, 0.2) is 122 Å². The molecule has 0 N–H and O–H groups in total. The topological polar surface area (TPSA) is 86.6 Å². The third-order valence-electron chi connectivity index (χ3n) is 5.87. The molecule has 0 radical (unpaired) electrons. The Balaban J connectivity index is 1.19. The van der Waals surface area contributed by atoms with Crippen molar-refractivity contribution in [2.75, 3.05) is 24.8 Å². The van der Waals surface area contributed by atoms with Crippen LogP contribution in [0.2, 0.25) is 0 Å². The predicted octanol–water partition coefficient (Wildman–Crippen LogP) is 9.34.